The molecule has 5 nitrogen and oxygen atoms in total. The third-order valence-corrected chi connectivity index (χ3v) is 5.70. The summed E-state index contributed by atoms with van der Waals surface area (Å²) in [5.74, 6) is 0. The zero-order chi connectivity index (χ0) is 14.6. The molecule has 0 saturated heterocycles. The molecular formula is C12H23N3O2S2. The van der Waals surface area contributed by atoms with Gasteiger partial charge in [0.25, 0.3) is 0 Å². The number of nitrogens with zero attached hydrogens (tertiary/aromatic N) is 1. The van der Waals surface area contributed by atoms with Crippen LogP contribution in [0, 0.1) is 6.92 Å². The monoisotopic (exact) mass is 305 g/mol. The topological polar surface area (TPSA) is 75.4 Å². The summed E-state index contributed by atoms with van der Waals surface area (Å²) < 4.78 is 27.3. The minimum atomic E-state index is -3.44. The van der Waals surface area contributed by atoms with Crippen LogP contribution >= 0.6 is 11.3 Å². The van der Waals surface area contributed by atoms with Gasteiger partial charge in [-0.15, -0.1) is 11.3 Å². The Morgan fingerprint density at radius 3 is 2.58 bits per heavy atom. The fourth-order valence-electron chi connectivity index (χ4n) is 1.73. The Morgan fingerprint density at radius 2 is 2.11 bits per heavy atom. The van der Waals surface area contributed by atoms with Gasteiger partial charge < -0.3 is 10.6 Å². The Balaban J connectivity index is 2.77. The Labute approximate surface area is 119 Å². The van der Waals surface area contributed by atoms with Crippen molar-refractivity contribution in [1.29, 1.82) is 0 Å². The maximum atomic E-state index is 12.3. The van der Waals surface area contributed by atoms with E-state index in [1.165, 1.54) is 11.3 Å². The zero-order valence-corrected chi connectivity index (χ0v) is 13.6. The van der Waals surface area contributed by atoms with E-state index in [1.54, 1.807) is 6.07 Å². The van der Waals surface area contributed by atoms with E-state index in [-0.39, 0.29) is 6.04 Å². The third kappa shape index (κ3) is 4.85. The Kier molecular flexibility index (Phi) is 5.94. The molecule has 0 bridgehead atoms. The smallest absolute Gasteiger partial charge is 0.241 e. The second-order valence-corrected chi connectivity index (χ2v) is 7.97. The summed E-state index contributed by atoms with van der Waals surface area (Å²) >= 11 is 1.43. The molecule has 0 aromatic carbocycles. The van der Waals surface area contributed by atoms with Crippen LogP contribution in [0.25, 0.3) is 0 Å². The van der Waals surface area contributed by atoms with Crippen LogP contribution in [0.3, 0.4) is 0 Å². The number of hydrogen-bond donors (Lipinski definition) is 2. The highest BCUT2D eigenvalue weighted by Crippen LogP contribution is 2.25. The lowest BCUT2D eigenvalue weighted by Gasteiger charge is -2.16. The van der Waals surface area contributed by atoms with Gasteiger partial charge in [-0.05, 0) is 47.0 Å². The van der Waals surface area contributed by atoms with Gasteiger partial charge in [-0.25, -0.2) is 13.1 Å². The summed E-state index contributed by atoms with van der Waals surface area (Å²) in [6, 6.07) is 1.58. The fraction of sp³-hybridized carbons (Fsp3) is 0.667. The van der Waals surface area contributed by atoms with Gasteiger partial charge in [-0.1, -0.05) is 0 Å². The van der Waals surface area contributed by atoms with Crippen LogP contribution < -0.4 is 10.5 Å². The Morgan fingerprint density at radius 1 is 1.47 bits per heavy atom. The van der Waals surface area contributed by atoms with Crippen LogP contribution in [0.1, 0.15) is 23.1 Å². The number of aryl methyl sites for hydroxylation is 1. The Hall–Kier alpha value is -0.470. The highest BCUT2D eigenvalue weighted by Gasteiger charge is 2.21. The maximum absolute atomic E-state index is 12.3. The molecule has 0 radical (unpaired) electrons. The van der Waals surface area contributed by atoms with Crippen LogP contribution in [0.4, 0.5) is 0 Å². The molecule has 110 valence electrons. The highest BCUT2D eigenvalue weighted by molar-refractivity contribution is 7.89. The molecule has 3 N–H and O–H groups in total. The van der Waals surface area contributed by atoms with Gasteiger partial charge in [-0.2, -0.15) is 0 Å². The average molecular weight is 305 g/mol. The summed E-state index contributed by atoms with van der Waals surface area (Å²) in [5.41, 5.74) is 5.55. The number of rotatable bonds is 7. The van der Waals surface area contributed by atoms with Crippen molar-refractivity contribution in [2.24, 2.45) is 5.73 Å². The summed E-state index contributed by atoms with van der Waals surface area (Å²) in [6.07, 6.45) is 0.777. The molecule has 0 aliphatic heterocycles. The molecule has 0 aliphatic rings. The minimum absolute atomic E-state index is 0.0898. The summed E-state index contributed by atoms with van der Waals surface area (Å²) in [6.45, 7) is 4.91. The predicted molar refractivity (Wildman–Crippen MR) is 79.9 cm³/mol. The van der Waals surface area contributed by atoms with E-state index in [0.717, 1.165) is 22.7 Å². The van der Waals surface area contributed by atoms with E-state index in [1.807, 2.05) is 32.8 Å². The zero-order valence-electron chi connectivity index (χ0n) is 11.9. The molecule has 0 saturated carbocycles. The lowest BCUT2D eigenvalue weighted by Crippen LogP contribution is -2.34. The molecule has 0 amide bonds. The van der Waals surface area contributed by atoms with Crippen molar-refractivity contribution >= 4 is 21.4 Å². The van der Waals surface area contributed by atoms with Crippen molar-refractivity contribution in [3.8, 4) is 0 Å². The molecule has 1 atom stereocenters. The Bertz CT molecular complexity index is 509. The molecule has 1 aromatic heterocycles. The molecule has 1 rings (SSSR count). The second-order valence-electron chi connectivity index (χ2n) is 4.95. The second kappa shape index (κ2) is 6.81. The molecule has 19 heavy (non-hydrogen) atoms. The summed E-state index contributed by atoms with van der Waals surface area (Å²) in [7, 11) is 0.499. The van der Waals surface area contributed by atoms with Crippen LogP contribution in [0.5, 0.6) is 0 Å². The molecular weight excluding hydrogens is 282 g/mol. The van der Waals surface area contributed by atoms with Gasteiger partial charge in [-0.3, -0.25) is 0 Å². The summed E-state index contributed by atoms with van der Waals surface area (Å²) in [5, 5.41) is 0. The predicted octanol–water partition coefficient (Wildman–Crippen LogP) is 1.13. The molecule has 0 aliphatic carbocycles. The fourth-order valence-corrected chi connectivity index (χ4v) is 4.52. The molecule has 7 heteroatoms. The standard InChI is InChI=1S/C12H23N3O2S2/c1-9(5-6-15(3)4)14-19(16,17)12-7-11(8-13)18-10(12)2/h7,9,14H,5-6,8,13H2,1-4H3. The van der Waals surface area contributed by atoms with Crippen molar-refractivity contribution in [3.05, 3.63) is 15.8 Å². The van der Waals surface area contributed by atoms with Crippen LogP contribution in [0.2, 0.25) is 0 Å². The van der Waals surface area contributed by atoms with E-state index in [0.29, 0.717) is 11.4 Å². The number of hydrogen-bond acceptors (Lipinski definition) is 5. The van der Waals surface area contributed by atoms with E-state index >= 15 is 0 Å². The maximum Gasteiger partial charge on any atom is 0.241 e. The molecule has 0 spiro atoms. The van der Waals surface area contributed by atoms with Crippen LogP contribution in [0.15, 0.2) is 11.0 Å². The van der Waals surface area contributed by atoms with E-state index in [4.69, 9.17) is 5.73 Å². The van der Waals surface area contributed by atoms with Crippen molar-refractivity contribution < 1.29 is 8.42 Å². The number of nitrogens with two attached hydrogens (primary N) is 1. The first-order valence-electron chi connectivity index (χ1n) is 6.22. The van der Waals surface area contributed by atoms with Gasteiger partial charge in [0.15, 0.2) is 0 Å². The van der Waals surface area contributed by atoms with Crippen molar-refractivity contribution in [2.45, 2.75) is 37.8 Å². The van der Waals surface area contributed by atoms with Gasteiger partial charge >= 0.3 is 0 Å². The van der Waals surface area contributed by atoms with Gasteiger partial charge in [0.05, 0.1) is 4.90 Å². The number of thiophene rings is 1. The third-order valence-electron chi connectivity index (χ3n) is 2.78. The van der Waals surface area contributed by atoms with Gasteiger partial charge in [0.1, 0.15) is 0 Å². The van der Waals surface area contributed by atoms with E-state index in [2.05, 4.69) is 4.72 Å². The van der Waals surface area contributed by atoms with E-state index < -0.39 is 10.0 Å². The highest BCUT2D eigenvalue weighted by atomic mass is 32.2. The summed E-state index contributed by atoms with van der Waals surface area (Å²) in [4.78, 5) is 4.06. The normalized spacial score (nSPS) is 14.0. The first-order valence-corrected chi connectivity index (χ1v) is 8.52. The lowest BCUT2D eigenvalue weighted by molar-refractivity contribution is 0.379. The van der Waals surface area contributed by atoms with Crippen LogP contribution in [-0.4, -0.2) is 40.0 Å². The number of sulfonamides is 1. The van der Waals surface area contributed by atoms with Crippen molar-refractivity contribution in [3.63, 3.8) is 0 Å². The quantitative estimate of drug-likeness (QED) is 0.792. The van der Waals surface area contributed by atoms with Gasteiger partial charge in [0, 0.05) is 22.3 Å². The number of nitrogens with one attached hydrogen (secondary N) is 1. The largest absolute Gasteiger partial charge is 0.326 e. The average Bonchev–Trinajstić information content (AvgIpc) is 2.68. The molecule has 1 unspecified atom stereocenters. The van der Waals surface area contributed by atoms with Crippen molar-refractivity contribution in [1.82, 2.24) is 9.62 Å². The van der Waals surface area contributed by atoms with Crippen LogP contribution in [-0.2, 0) is 16.6 Å². The first kappa shape index (κ1) is 16.6. The molecule has 1 aromatic rings. The minimum Gasteiger partial charge on any atom is -0.326 e. The van der Waals surface area contributed by atoms with Crippen molar-refractivity contribution in [2.75, 3.05) is 20.6 Å². The lowest BCUT2D eigenvalue weighted by atomic mass is 10.2. The molecule has 1 heterocycles. The SMILES string of the molecule is Cc1sc(CN)cc1S(=O)(=O)NC(C)CCN(C)C. The molecule has 0 fully saturated rings. The first-order chi connectivity index (χ1) is 8.76. The van der Waals surface area contributed by atoms with E-state index in [9.17, 15) is 8.42 Å². The van der Waals surface area contributed by atoms with Gasteiger partial charge in [0.2, 0.25) is 10.0 Å².